The molecule has 1 aromatic carbocycles. The molecule has 0 saturated carbocycles. The lowest BCUT2D eigenvalue weighted by Crippen LogP contribution is -2.35. The first-order valence-electron chi connectivity index (χ1n) is 6.95. The number of amides is 2. The van der Waals surface area contributed by atoms with Crippen molar-refractivity contribution in [3.8, 4) is 0 Å². The van der Waals surface area contributed by atoms with Gasteiger partial charge in [0.25, 0.3) is 11.8 Å². The number of methoxy groups -OCH3 is 1. The highest BCUT2D eigenvalue weighted by Crippen LogP contribution is 2.24. The number of hydrogen-bond donors (Lipinski definition) is 2. The molecule has 1 aromatic heterocycles. The number of nitrogens with one attached hydrogen (secondary N) is 2. The number of halogens is 1. The summed E-state index contributed by atoms with van der Waals surface area (Å²) in [6, 6.07) is 8.15. The number of thiophene rings is 1. The Bertz CT molecular complexity index is 689. The highest BCUT2D eigenvalue weighted by Gasteiger charge is 2.14. The van der Waals surface area contributed by atoms with Crippen LogP contribution >= 0.6 is 22.9 Å². The fourth-order valence-corrected chi connectivity index (χ4v) is 2.74. The van der Waals surface area contributed by atoms with Crippen LogP contribution in [0.4, 0.5) is 5.69 Å². The summed E-state index contributed by atoms with van der Waals surface area (Å²) in [5.41, 5.74) is 0.816. The molecule has 0 spiro atoms. The Labute approximate surface area is 143 Å². The summed E-state index contributed by atoms with van der Waals surface area (Å²) in [6.45, 7) is 2.26. The van der Waals surface area contributed by atoms with E-state index in [-0.39, 0.29) is 17.9 Å². The van der Waals surface area contributed by atoms with E-state index in [1.165, 1.54) is 11.3 Å². The standard InChI is InChI=1S/C16H17ClN2O3S/c1-10(9-22-2)18-15(20)11-5-6-12(17)13(8-11)19-16(21)14-4-3-7-23-14/h3-8,10H,9H2,1-2H3,(H,18,20)(H,19,21)/t10-/m0/s1. The average Bonchev–Trinajstić information content (AvgIpc) is 3.04. The van der Waals surface area contributed by atoms with Gasteiger partial charge in [0.05, 0.1) is 22.2 Å². The maximum atomic E-state index is 12.2. The Kier molecular flexibility index (Phi) is 6.15. The average molecular weight is 353 g/mol. The second-order valence-corrected chi connectivity index (χ2v) is 6.31. The summed E-state index contributed by atoms with van der Waals surface area (Å²) in [7, 11) is 1.57. The predicted octanol–water partition coefficient (Wildman–Crippen LogP) is 3.42. The van der Waals surface area contributed by atoms with Gasteiger partial charge in [0, 0.05) is 18.7 Å². The molecule has 0 aliphatic heterocycles. The number of hydrogen-bond acceptors (Lipinski definition) is 4. The molecule has 2 amide bonds. The van der Waals surface area contributed by atoms with E-state index in [0.29, 0.717) is 27.8 Å². The van der Waals surface area contributed by atoms with Crippen molar-refractivity contribution >= 4 is 40.4 Å². The zero-order valence-electron chi connectivity index (χ0n) is 12.8. The van der Waals surface area contributed by atoms with Gasteiger partial charge >= 0.3 is 0 Å². The van der Waals surface area contributed by atoms with Gasteiger partial charge in [-0.1, -0.05) is 17.7 Å². The van der Waals surface area contributed by atoms with Gasteiger partial charge in [0.2, 0.25) is 0 Å². The first kappa shape index (κ1) is 17.5. The van der Waals surface area contributed by atoms with Crippen LogP contribution in [-0.4, -0.2) is 31.6 Å². The van der Waals surface area contributed by atoms with E-state index in [0.717, 1.165) is 0 Å². The summed E-state index contributed by atoms with van der Waals surface area (Å²) in [5.74, 6) is -0.509. The minimum Gasteiger partial charge on any atom is -0.383 e. The van der Waals surface area contributed by atoms with Crippen LogP contribution in [-0.2, 0) is 4.74 Å². The van der Waals surface area contributed by atoms with E-state index in [4.69, 9.17) is 16.3 Å². The monoisotopic (exact) mass is 352 g/mol. The van der Waals surface area contributed by atoms with Crippen molar-refractivity contribution in [2.75, 3.05) is 19.0 Å². The first-order valence-corrected chi connectivity index (χ1v) is 8.21. The van der Waals surface area contributed by atoms with Gasteiger partial charge < -0.3 is 15.4 Å². The highest BCUT2D eigenvalue weighted by molar-refractivity contribution is 7.12. The van der Waals surface area contributed by atoms with Crippen molar-refractivity contribution < 1.29 is 14.3 Å². The fourth-order valence-electron chi connectivity index (χ4n) is 1.95. The molecule has 0 aliphatic carbocycles. The van der Waals surface area contributed by atoms with Crippen LogP contribution in [0.3, 0.4) is 0 Å². The topological polar surface area (TPSA) is 67.4 Å². The van der Waals surface area contributed by atoms with E-state index >= 15 is 0 Å². The van der Waals surface area contributed by atoms with Gasteiger partial charge in [-0.15, -0.1) is 11.3 Å². The lowest BCUT2D eigenvalue weighted by molar-refractivity contribution is 0.0905. The molecule has 0 fully saturated rings. The van der Waals surface area contributed by atoms with Gasteiger partial charge in [-0.3, -0.25) is 9.59 Å². The Morgan fingerprint density at radius 3 is 2.74 bits per heavy atom. The van der Waals surface area contributed by atoms with Crippen molar-refractivity contribution in [2.45, 2.75) is 13.0 Å². The number of carbonyl (C=O) groups excluding carboxylic acids is 2. The largest absolute Gasteiger partial charge is 0.383 e. The minimum absolute atomic E-state index is 0.118. The molecule has 0 aliphatic rings. The van der Waals surface area contributed by atoms with E-state index in [9.17, 15) is 9.59 Å². The molecule has 0 bridgehead atoms. The number of rotatable bonds is 6. The van der Waals surface area contributed by atoms with E-state index in [1.54, 1.807) is 37.4 Å². The molecule has 0 saturated heterocycles. The molecule has 1 atom stereocenters. The summed E-state index contributed by atoms with van der Waals surface area (Å²) < 4.78 is 4.99. The molecular formula is C16H17ClN2O3S. The molecule has 2 N–H and O–H groups in total. The Hall–Kier alpha value is -1.89. The molecule has 1 heterocycles. The second-order valence-electron chi connectivity index (χ2n) is 4.96. The molecule has 5 nitrogen and oxygen atoms in total. The molecule has 2 aromatic rings. The number of carbonyl (C=O) groups is 2. The molecule has 7 heteroatoms. The normalized spacial score (nSPS) is 11.8. The van der Waals surface area contributed by atoms with Gasteiger partial charge in [0.15, 0.2) is 0 Å². The molecule has 0 radical (unpaired) electrons. The van der Waals surface area contributed by atoms with Crippen molar-refractivity contribution in [2.24, 2.45) is 0 Å². The van der Waals surface area contributed by atoms with Crippen LogP contribution in [0, 0.1) is 0 Å². The van der Waals surface area contributed by atoms with Crippen molar-refractivity contribution in [1.82, 2.24) is 5.32 Å². The van der Waals surface area contributed by atoms with Crippen molar-refractivity contribution in [3.05, 3.63) is 51.2 Å². The quantitative estimate of drug-likeness (QED) is 0.837. The number of benzene rings is 1. The Morgan fingerprint density at radius 2 is 2.09 bits per heavy atom. The van der Waals surface area contributed by atoms with Crippen LogP contribution in [0.5, 0.6) is 0 Å². The van der Waals surface area contributed by atoms with Crippen LogP contribution < -0.4 is 10.6 Å². The Morgan fingerprint density at radius 1 is 1.30 bits per heavy atom. The summed E-state index contributed by atoms with van der Waals surface area (Å²) in [4.78, 5) is 24.9. The minimum atomic E-state index is -0.257. The smallest absolute Gasteiger partial charge is 0.265 e. The maximum Gasteiger partial charge on any atom is 0.265 e. The summed E-state index contributed by atoms with van der Waals surface area (Å²) in [5, 5.41) is 7.72. The fraction of sp³-hybridized carbons (Fsp3) is 0.250. The molecule has 2 rings (SSSR count). The van der Waals surface area contributed by atoms with Crippen LogP contribution in [0.1, 0.15) is 27.0 Å². The van der Waals surface area contributed by atoms with Crippen LogP contribution in [0.15, 0.2) is 35.7 Å². The summed E-state index contributed by atoms with van der Waals surface area (Å²) in [6.07, 6.45) is 0. The van der Waals surface area contributed by atoms with Crippen LogP contribution in [0.25, 0.3) is 0 Å². The predicted molar refractivity (Wildman–Crippen MR) is 92.5 cm³/mol. The lowest BCUT2D eigenvalue weighted by atomic mass is 10.1. The third kappa shape index (κ3) is 4.79. The molecular weight excluding hydrogens is 336 g/mol. The molecule has 0 unspecified atom stereocenters. The third-order valence-corrected chi connectivity index (χ3v) is 4.21. The Balaban J connectivity index is 2.12. The SMILES string of the molecule is COC[C@H](C)NC(=O)c1ccc(Cl)c(NC(=O)c2cccs2)c1. The number of anilines is 1. The van der Waals surface area contributed by atoms with Crippen molar-refractivity contribution in [1.29, 1.82) is 0 Å². The van der Waals surface area contributed by atoms with Gasteiger partial charge in [-0.2, -0.15) is 0 Å². The highest BCUT2D eigenvalue weighted by atomic mass is 35.5. The lowest BCUT2D eigenvalue weighted by Gasteiger charge is -2.14. The van der Waals surface area contributed by atoms with Gasteiger partial charge in [-0.25, -0.2) is 0 Å². The molecule has 23 heavy (non-hydrogen) atoms. The zero-order valence-corrected chi connectivity index (χ0v) is 14.3. The van der Waals surface area contributed by atoms with E-state index < -0.39 is 0 Å². The maximum absolute atomic E-state index is 12.2. The molecule has 122 valence electrons. The summed E-state index contributed by atoms with van der Waals surface area (Å²) >= 11 is 7.43. The van der Waals surface area contributed by atoms with Gasteiger partial charge in [0.1, 0.15) is 0 Å². The van der Waals surface area contributed by atoms with Gasteiger partial charge in [-0.05, 0) is 36.6 Å². The zero-order chi connectivity index (χ0) is 16.8. The number of ether oxygens (including phenoxy) is 1. The second kappa shape index (κ2) is 8.10. The first-order chi connectivity index (χ1) is 11.0. The van der Waals surface area contributed by atoms with Crippen molar-refractivity contribution in [3.63, 3.8) is 0 Å². The van der Waals surface area contributed by atoms with E-state index in [2.05, 4.69) is 10.6 Å². The van der Waals surface area contributed by atoms with E-state index in [1.807, 2.05) is 12.3 Å². The third-order valence-electron chi connectivity index (χ3n) is 3.02. The van der Waals surface area contributed by atoms with Crippen LogP contribution in [0.2, 0.25) is 5.02 Å².